The molecule has 0 spiro atoms. The smallest absolute Gasteiger partial charge is 0.109 e. The molecule has 1 aromatic rings. The minimum absolute atomic E-state index is 0.884. The van der Waals surface area contributed by atoms with Gasteiger partial charge >= 0.3 is 0 Å². The molecular weight excluding hydrogens is 160 g/mol. The SMILES string of the molecule is CC.CC.CC#Cc1cnc(C)[nH]1. The van der Waals surface area contributed by atoms with Crippen LogP contribution in [0, 0.1) is 18.8 Å². The lowest BCUT2D eigenvalue weighted by molar-refractivity contribution is 1.14. The van der Waals surface area contributed by atoms with Gasteiger partial charge in [-0.15, -0.1) is 0 Å². The Morgan fingerprint density at radius 2 is 1.77 bits per heavy atom. The molecule has 1 N–H and O–H groups in total. The molecule has 1 rings (SSSR count). The summed E-state index contributed by atoms with van der Waals surface area (Å²) in [7, 11) is 0. The molecule has 0 saturated carbocycles. The summed E-state index contributed by atoms with van der Waals surface area (Å²) in [4.78, 5) is 6.97. The van der Waals surface area contributed by atoms with Crippen LogP contribution < -0.4 is 0 Å². The molecule has 2 heteroatoms. The monoisotopic (exact) mass is 180 g/mol. The zero-order chi connectivity index (χ0) is 10.7. The van der Waals surface area contributed by atoms with Crippen LogP contribution in [0.4, 0.5) is 0 Å². The first-order valence-corrected chi connectivity index (χ1v) is 4.77. The molecule has 74 valence electrons. The lowest BCUT2D eigenvalue weighted by Crippen LogP contribution is -1.72. The first-order valence-electron chi connectivity index (χ1n) is 4.77. The van der Waals surface area contributed by atoms with E-state index in [-0.39, 0.29) is 0 Å². The molecule has 0 amide bonds. The Morgan fingerprint density at radius 1 is 1.23 bits per heavy atom. The summed E-state index contributed by atoms with van der Waals surface area (Å²) in [6.07, 6.45) is 1.73. The third-order valence-corrected chi connectivity index (χ3v) is 0.963. The molecule has 0 aliphatic rings. The predicted molar refractivity (Wildman–Crippen MR) is 58.6 cm³/mol. The molecule has 1 heterocycles. The molecule has 0 atom stereocenters. The summed E-state index contributed by atoms with van der Waals surface area (Å²) in [6.45, 7) is 11.7. The van der Waals surface area contributed by atoms with Crippen molar-refractivity contribution >= 4 is 0 Å². The van der Waals surface area contributed by atoms with Crippen molar-refractivity contribution in [3.63, 3.8) is 0 Å². The zero-order valence-corrected chi connectivity index (χ0v) is 9.52. The fourth-order valence-corrected chi connectivity index (χ4v) is 0.619. The quantitative estimate of drug-likeness (QED) is 0.610. The first kappa shape index (κ1) is 14.3. The molecular formula is C11H20N2. The van der Waals surface area contributed by atoms with Crippen LogP contribution in [-0.4, -0.2) is 9.97 Å². The second-order valence-corrected chi connectivity index (χ2v) is 1.76. The van der Waals surface area contributed by atoms with E-state index in [1.807, 2.05) is 34.6 Å². The fourth-order valence-electron chi connectivity index (χ4n) is 0.619. The number of imidazole rings is 1. The second-order valence-electron chi connectivity index (χ2n) is 1.76. The lowest BCUT2D eigenvalue weighted by atomic mass is 10.5. The number of aryl methyl sites for hydroxylation is 1. The van der Waals surface area contributed by atoms with Gasteiger partial charge in [0.25, 0.3) is 0 Å². The number of aromatic amines is 1. The Morgan fingerprint density at radius 3 is 2.08 bits per heavy atom. The Bertz CT molecular complexity index is 251. The van der Waals surface area contributed by atoms with E-state index in [1.165, 1.54) is 0 Å². The van der Waals surface area contributed by atoms with Crippen molar-refractivity contribution in [3.8, 4) is 11.8 Å². The molecule has 0 bridgehead atoms. The molecule has 0 aromatic carbocycles. The van der Waals surface area contributed by atoms with Crippen molar-refractivity contribution in [2.24, 2.45) is 0 Å². The van der Waals surface area contributed by atoms with Crippen LogP contribution >= 0.6 is 0 Å². The minimum Gasteiger partial charge on any atom is -0.336 e. The fraction of sp³-hybridized carbons (Fsp3) is 0.545. The standard InChI is InChI=1S/C7H8N2.2C2H6/c1-3-4-7-5-8-6(2)9-7;2*1-2/h5H,1-2H3,(H,8,9);2*1-2H3. The molecule has 0 fully saturated rings. The molecule has 1 aromatic heterocycles. The van der Waals surface area contributed by atoms with Crippen LogP contribution in [0.3, 0.4) is 0 Å². The number of hydrogen-bond acceptors (Lipinski definition) is 1. The van der Waals surface area contributed by atoms with Gasteiger partial charge in [-0.25, -0.2) is 4.98 Å². The van der Waals surface area contributed by atoms with E-state index >= 15 is 0 Å². The van der Waals surface area contributed by atoms with E-state index in [2.05, 4.69) is 21.8 Å². The largest absolute Gasteiger partial charge is 0.336 e. The van der Waals surface area contributed by atoms with Crippen LogP contribution in [0.1, 0.15) is 46.1 Å². The lowest BCUT2D eigenvalue weighted by Gasteiger charge is -1.75. The summed E-state index contributed by atoms with van der Waals surface area (Å²) in [5.74, 6) is 6.55. The van der Waals surface area contributed by atoms with Gasteiger partial charge in [-0.1, -0.05) is 33.6 Å². The maximum absolute atomic E-state index is 3.98. The van der Waals surface area contributed by atoms with Gasteiger partial charge in [0.2, 0.25) is 0 Å². The number of nitrogens with one attached hydrogen (secondary N) is 1. The normalized spacial score (nSPS) is 6.62. The zero-order valence-electron chi connectivity index (χ0n) is 9.52. The van der Waals surface area contributed by atoms with Gasteiger partial charge in [0, 0.05) is 0 Å². The highest BCUT2D eigenvalue weighted by Gasteiger charge is 1.87. The van der Waals surface area contributed by atoms with Crippen LogP contribution in [0.2, 0.25) is 0 Å². The average Bonchev–Trinajstić information content (AvgIpc) is 2.59. The van der Waals surface area contributed by atoms with E-state index in [0.29, 0.717) is 0 Å². The molecule has 0 aliphatic carbocycles. The van der Waals surface area contributed by atoms with Crippen molar-refractivity contribution in [1.82, 2.24) is 9.97 Å². The number of aromatic nitrogens is 2. The average molecular weight is 180 g/mol. The van der Waals surface area contributed by atoms with E-state index in [0.717, 1.165) is 11.5 Å². The Kier molecular flexibility index (Phi) is 11.8. The summed E-state index contributed by atoms with van der Waals surface area (Å²) in [5.41, 5.74) is 0.884. The van der Waals surface area contributed by atoms with Crippen molar-refractivity contribution < 1.29 is 0 Å². The van der Waals surface area contributed by atoms with Crippen LogP contribution in [0.25, 0.3) is 0 Å². The number of H-pyrrole nitrogens is 1. The van der Waals surface area contributed by atoms with E-state index in [4.69, 9.17) is 0 Å². The highest BCUT2D eigenvalue weighted by molar-refractivity contribution is 5.24. The molecule has 0 saturated heterocycles. The molecule has 0 unspecified atom stereocenters. The molecule has 13 heavy (non-hydrogen) atoms. The van der Waals surface area contributed by atoms with Gasteiger partial charge in [0.15, 0.2) is 0 Å². The number of hydrogen-bond donors (Lipinski definition) is 1. The minimum atomic E-state index is 0.884. The third kappa shape index (κ3) is 7.14. The van der Waals surface area contributed by atoms with Gasteiger partial charge in [0.05, 0.1) is 6.20 Å². The van der Waals surface area contributed by atoms with E-state index < -0.39 is 0 Å². The van der Waals surface area contributed by atoms with Crippen molar-refractivity contribution in [2.45, 2.75) is 41.5 Å². The van der Waals surface area contributed by atoms with Gasteiger partial charge in [-0.3, -0.25) is 0 Å². The van der Waals surface area contributed by atoms with Crippen LogP contribution in [0.5, 0.6) is 0 Å². The second kappa shape index (κ2) is 10.8. The van der Waals surface area contributed by atoms with Gasteiger partial charge in [-0.2, -0.15) is 0 Å². The molecule has 2 nitrogen and oxygen atoms in total. The summed E-state index contributed by atoms with van der Waals surface area (Å²) in [6, 6.07) is 0. The van der Waals surface area contributed by atoms with Gasteiger partial charge in [-0.05, 0) is 19.8 Å². The van der Waals surface area contributed by atoms with Crippen molar-refractivity contribution in [3.05, 3.63) is 17.7 Å². The van der Waals surface area contributed by atoms with Crippen LogP contribution in [-0.2, 0) is 0 Å². The van der Waals surface area contributed by atoms with Crippen LogP contribution in [0.15, 0.2) is 6.20 Å². The maximum atomic E-state index is 3.98. The van der Waals surface area contributed by atoms with Crippen molar-refractivity contribution in [2.75, 3.05) is 0 Å². The third-order valence-electron chi connectivity index (χ3n) is 0.963. The van der Waals surface area contributed by atoms with Gasteiger partial charge in [0.1, 0.15) is 11.5 Å². The topological polar surface area (TPSA) is 28.7 Å². The van der Waals surface area contributed by atoms with E-state index in [9.17, 15) is 0 Å². The Labute approximate surface area is 81.8 Å². The Hall–Kier alpha value is -1.23. The summed E-state index contributed by atoms with van der Waals surface area (Å²) < 4.78 is 0. The highest BCUT2D eigenvalue weighted by Crippen LogP contribution is 1.91. The predicted octanol–water partition coefficient (Wildman–Crippen LogP) is 3.14. The van der Waals surface area contributed by atoms with E-state index in [1.54, 1.807) is 13.1 Å². The summed E-state index contributed by atoms with van der Waals surface area (Å²) >= 11 is 0. The molecule has 0 aliphatic heterocycles. The number of nitrogens with zero attached hydrogens (tertiary/aromatic N) is 1. The van der Waals surface area contributed by atoms with Gasteiger partial charge < -0.3 is 4.98 Å². The van der Waals surface area contributed by atoms with Crippen molar-refractivity contribution in [1.29, 1.82) is 0 Å². The first-order chi connectivity index (χ1) is 6.33. The maximum Gasteiger partial charge on any atom is 0.109 e. The number of rotatable bonds is 0. The Balaban J connectivity index is 0. The highest BCUT2D eigenvalue weighted by atomic mass is 14.9. The summed E-state index contributed by atoms with van der Waals surface area (Å²) in [5, 5.41) is 0. The molecule has 0 radical (unpaired) electrons.